The normalized spacial score (nSPS) is 16.3. The van der Waals surface area contributed by atoms with Crippen molar-refractivity contribution in [3.8, 4) is 5.75 Å². The van der Waals surface area contributed by atoms with Gasteiger partial charge in [0.1, 0.15) is 11.6 Å². The van der Waals surface area contributed by atoms with Gasteiger partial charge < -0.3 is 10.1 Å². The Hall–Kier alpha value is -3.61. The molecule has 4 aromatic rings. The first kappa shape index (κ1) is 15.6. The molecule has 2 aromatic carbocycles. The van der Waals surface area contributed by atoms with Crippen LogP contribution in [0.2, 0.25) is 0 Å². The molecule has 1 atom stereocenters. The van der Waals surface area contributed by atoms with Gasteiger partial charge in [0.25, 0.3) is 5.56 Å². The zero-order chi connectivity index (χ0) is 18.5. The van der Waals surface area contributed by atoms with E-state index >= 15 is 0 Å². The lowest BCUT2D eigenvalue weighted by Crippen LogP contribution is -2.32. The van der Waals surface area contributed by atoms with Crippen molar-refractivity contribution in [3.63, 3.8) is 0 Å². The Balaban J connectivity index is 1.87. The smallest absolute Gasteiger partial charge is 0.258 e. The number of para-hydroxylation sites is 3. The first-order valence-electron chi connectivity index (χ1n) is 8.63. The molecular formula is C20H16N4O3. The summed E-state index contributed by atoms with van der Waals surface area (Å²) in [5, 5.41) is 2.88. The number of H-pyrrole nitrogens is 1. The number of hydrogen-bond acceptors (Lipinski definition) is 4. The zero-order valence-electron chi connectivity index (χ0n) is 14.5. The third kappa shape index (κ3) is 2.25. The van der Waals surface area contributed by atoms with E-state index in [1.807, 2.05) is 48.5 Å². The quantitative estimate of drug-likeness (QED) is 0.575. The average molecular weight is 360 g/mol. The molecule has 7 nitrogen and oxygen atoms in total. The summed E-state index contributed by atoms with van der Waals surface area (Å²) in [6.45, 7) is 0. The third-order valence-electron chi connectivity index (χ3n) is 5.02. The highest BCUT2D eigenvalue weighted by molar-refractivity contribution is 5.96. The zero-order valence-corrected chi connectivity index (χ0v) is 14.5. The van der Waals surface area contributed by atoms with Crippen molar-refractivity contribution in [2.75, 3.05) is 12.4 Å². The van der Waals surface area contributed by atoms with Crippen LogP contribution < -0.4 is 15.6 Å². The SMILES string of the molecule is COc1ccccc1[C@@H]1CC(=O)Nc2c1c(=O)[nH]c1nc3ccccc3n21. The summed E-state index contributed by atoms with van der Waals surface area (Å²) in [5.41, 5.74) is 2.63. The number of methoxy groups -OCH3 is 1. The van der Waals surface area contributed by atoms with Crippen LogP contribution in [0, 0.1) is 0 Å². The summed E-state index contributed by atoms with van der Waals surface area (Å²) >= 11 is 0. The predicted molar refractivity (Wildman–Crippen MR) is 101 cm³/mol. The van der Waals surface area contributed by atoms with E-state index < -0.39 is 5.92 Å². The summed E-state index contributed by atoms with van der Waals surface area (Å²) in [7, 11) is 1.58. The number of ether oxygens (including phenoxy) is 1. The molecule has 3 heterocycles. The molecule has 7 heteroatoms. The minimum Gasteiger partial charge on any atom is -0.496 e. The second kappa shape index (κ2) is 5.70. The van der Waals surface area contributed by atoms with E-state index in [1.54, 1.807) is 11.5 Å². The number of rotatable bonds is 2. The topological polar surface area (TPSA) is 88.5 Å². The van der Waals surface area contributed by atoms with Crippen LogP contribution in [-0.2, 0) is 4.79 Å². The summed E-state index contributed by atoms with van der Waals surface area (Å²) in [6.07, 6.45) is 0.175. The maximum Gasteiger partial charge on any atom is 0.258 e. The number of aromatic nitrogens is 3. The highest BCUT2D eigenvalue weighted by Gasteiger charge is 2.33. The van der Waals surface area contributed by atoms with Crippen molar-refractivity contribution in [2.45, 2.75) is 12.3 Å². The van der Waals surface area contributed by atoms with Crippen LogP contribution in [0.5, 0.6) is 5.75 Å². The number of amides is 1. The Morgan fingerprint density at radius 2 is 1.89 bits per heavy atom. The van der Waals surface area contributed by atoms with Gasteiger partial charge in [-0.1, -0.05) is 30.3 Å². The van der Waals surface area contributed by atoms with Crippen molar-refractivity contribution in [2.24, 2.45) is 0 Å². The maximum absolute atomic E-state index is 12.9. The van der Waals surface area contributed by atoms with Crippen LogP contribution >= 0.6 is 0 Å². The number of anilines is 1. The van der Waals surface area contributed by atoms with Gasteiger partial charge in [0, 0.05) is 17.9 Å². The fourth-order valence-electron chi connectivity index (χ4n) is 3.87. The van der Waals surface area contributed by atoms with E-state index in [1.165, 1.54) is 0 Å². The minimum atomic E-state index is -0.404. The van der Waals surface area contributed by atoms with Crippen molar-refractivity contribution in [3.05, 3.63) is 70.0 Å². The number of hydrogen-bond donors (Lipinski definition) is 2. The molecule has 0 spiro atoms. The fraction of sp³-hybridized carbons (Fsp3) is 0.150. The lowest BCUT2D eigenvalue weighted by atomic mass is 9.86. The van der Waals surface area contributed by atoms with E-state index in [9.17, 15) is 9.59 Å². The van der Waals surface area contributed by atoms with Crippen molar-refractivity contribution < 1.29 is 9.53 Å². The number of carbonyl (C=O) groups is 1. The predicted octanol–water partition coefficient (Wildman–Crippen LogP) is 2.66. The van der Waals surface area contributed by atoms with Gasteiger partial charge in [0.05, 0.1) is 23.7 Å². The molecule has 27 heavy (non-hydrogen) atoms. The van der Waals surface area contributed by atoms with Crippen LogP contribution in [0.15, 0.2) is 53.3 Å². The summed E-state index contributed by atoms with van der Waals surface area (Å²) in [4.78, 5) is 32.8. The molecule has 2 N–H and O–H groups in total. The number of carbonyl (C=O) groups excluding carboxylic acids is 1. The Kier molecular flexibility index (Phi) is 3.30. The molecule has 0 unspecified atom stereocenters. The van der Waals surface area contributed by atoms with Gasteiger partial charge in [-0.05, 0) is 18.2 Å². The first-order valence-corrected chi connectivity index (χ1v) is 8.63. The van der Waals surface area contributed by atoms with E-state index in [0.29, 0.717) is 22.9 Å². The largest absolute Gasteiger partial charge is 0.496 e. The summed E-state index contributed by atoms with van der Waals surface area (Å²) in [5.74, 6) is 0.968. The standard InChI is InChI=1S/C20H16N4O3/c1-27-15-9-5-2-6-11(15)12-10-16(25)22-18-17(12)19(26)23-20-21-13-7-3-4-8-14(13)24(18)20/h2-9,12H,10H2,1H3,(H,22,25)(H,21,23,26)/t12-/m0/s1. The number of fused-ring (bicyclic) bond motifs is 5. The first-order chi connectivity index (χ1) is 13.2. The van der Waals surface area contributed by atoms with E-state index in [4.69, 9.17) is 4.74 Å². The van der Waals surface area contributed by atoms with E-state index in [2.05, 4.69) is 15.3 Å². The lowest BCUT2D eigenvalue weighted by Gasteiger charge is -2.26. The van der Waals surface area contributed by atoms with E-state index in [-0.39, 0.29) is 17.9 Å². The Morgan fingerprint density at radius 3 is 2.74 bits per heavy atom. The lowest BCUT2D eigenvalue weighted by molar-refractivity contribution is -0.116. The van der Waals surface area contributed by atoms with Crippen molar-refractivity contribution in [1.29, 1.82) is 0 Å². The van der Waals surface area contributed by atoms with Gasteiger partial charge in [-0.3, -0.25) is 19.0 Å². The molecule has 2 aromatic heterocycles. The Bertz CT molecular complexity index is 1270. The van der Waals surface area contributed by atoms with Gasteiger partial charge in [-0.15, -0.1) is 0 Å². The molecule has 1 aliphatic rings. The molecule has 0 radical (unpaired) electrons. The third-order valence-corrected chi connectivity index (χ3v) is 5.02. The average Bonchev–Trinajstić information content (AvgIpc) is 3.05. The Labute approximate surface area is 153 Å². The van der Waals surface area contributed by atoms with Crippen molar-refractivity contribution in [1.82, 2.24) is 14.4 Å². The van der Waals surface area contributed by atoms with Gasteiger partial charge in [0.15, 0.2) is 0 Å². The van der Waals surface area contributed by atoms with Crippen LogP contribution in [0.25, 0.3) is 16.8 Å². The molecule has 1 amide bonds. The summed E-state index contributed by atoms with van der Waals surface area (Å²) in [6, 6.07) is 15.0. The van der Waals surface area contributed by atoms with E-state index in [0.717, 1.165) is 16.6 Å². The number of benzene rings is 2. The number of aromatic amines is 1. The molecule has 1 aliphatic heterocycles. The summed E-state index contributed by atoms with van der Waals surface area (Å²) < 4.78 is 7.27. The van der Waals surface area contributed by atoms with Crippen LogP contribution in [0.4, 0.5) is 5.82 Å². The second-order valence-electron chi connectivity index (χ2n) is 6.52. The van der Waals surface area contributed by atoms with Crippen LogP contribution in [-0.4, -0.2) is 27.4 Å². The van der Waals surface area contributed by atoms with Gasteiger partial charge in [-0.25, -0.2) is 4.98 Å². The Morgan fingerprint density at radius 1 is 1.11 bits per heavy atom. The molecule has 0 aliphatic carbocycles. The molecule has 134 valence electrons. The highest BCUT2D eigenvalue weighted by atomic mass is 16.5. The van der Waals surface area contributed by atoms with Crippen molar-refractivity contribution >= 4 is 28.5 Å². The fourth-order valence-corrected chi connectivity index (χ4v) is 3.87. The van der Waals surface area contributed by atoms with Crippen LogP contribution in [0.3, 0.4) is 0 Å². The highest BCUT2D eigenvalue weighted by Crippen LogP contribution is 2.39. The molecule has 0 bridgehead atoms. The minimum absolute atomic E-state index is 0.150. The van der Waals surface area contributed by atoms with Gasteiger partial charge >= 0.3 is 0 Å². The number of nitrogens with zero attached hydrogens (tertiary/aromatic N) is 2. The monoisotopic (exact) mass is 360 g/mol. The number of imidazole rings is 1. The maximum atomic E-state index is 12.9. The molecule has 0 fully saturated rings. The second-order valence-corrected chi connectivity index (χ2v) is 6.52. The van der Waals surface area contributed by atoms with Gasteiger partial charge in [0.2, 0.25) is 11.7 Å². The van der Waals surface area contributed by atoms with Crippen LogP contribution in [0.1, 0.15) is 23.5 Å². The van der Waals surface area contributed by atoms with Gasteiger partial charge in [-0.2, -0.15) is 0 Å². The molecular weight excluding hydrogens is 344 g/mol. The molecule has 0 saturated carbocycles. The number of nitrogens with one attached hydrogen (secondary N) is 2. The molecule has 0 saturated heterocycles. The molecule has 5 rings (SSSR count).